The number of rotatable bonds is 5. The van der Waals surface area contributed by atoms with Gasteiger partial charge in [-0.1, -0.05) is 6.92 Å². The lowest BCUT2D eigenvalue weighted by Crippen LogP contribution is -2.38. The molecule has 0 aromatic heterocycles. The molecule has 1 N–H and O–H groups in total. The summed E-state index contributed by atoms with van der Waals surface area (Å²) >= 11 is 0. The van der Waals surface area contributed by atoms with Crippen molar-refractivity contribution < 1.29 is 5.11 Å². The monoisotopic (exact) mass is 200 g/mol. The fourth-order valence-corrected chi connectivity index (χ4v) is 2.13. The number of hydrogen-bond donors (Lipinski definition) is 1. The van der Waals surface area contributed by atoms with Crippen LogP contribution >= 0.6 is 0 Å². The van der Waals surface area contributed by atoms with Crippen molar-refractivity contribution >= 4 is 0 Å². The quantitative estimate of drug-likeness (QED) is 0.705. The Hall–Kier alpha value is -0.120. The fraction of sp³-hybridized carbons (Fsp3) is 1.00. The lowest BCUT2D eigenvalue weighted by Gasteiger charge is -2.32. The maximum atomic E-state index is 8.89. The third kappa shape index (κ3) is 3.95. The third-order valence-electron chi connectivity index (χ3n) is 3.22. The number of likely N-dealkylation sites (N-methyl/N-ethyl adjacent to an activating group) is 1. The summed E-state index contributed by atoms with van der Waals surface area (Å²) < 4.78 is 0. The summed E-state index contributed by atoms with van der Waals surface area (Å²) in [5.74, 6) is 0.845. The van der Waals surface area contributed by atoms with Gasteiger partial charge in [-0.2, -0.15) is 0 Å². The predicted molar refractivity (Wildman–Crippen MR) is 59.4 cm³/mol. The second-order valence-electron chi connectivity index (χ2n) is 4.36. The number of hydrogen-bond acceptors (Lipinski definition) is 3. The molecule has 14 heavy (non-hydrogen) atoms. The minimum atomic E-state index is 0.292. The van der Waals surface area contributed by atoms with Crippen LogP contribution in [-0.2, 0) is 0 Å². The van der Waals surface area contributed by atoms with Crippen LogP contribution in [0.15, 0.2) is 0 Å². The van der Waals surface area contributed by atoms with Crippen molar-refractivity contribution in [3.63, 3.8) is 0 Å². The van der Waals surface area contributed by atoms with E-state index >= 15 is 0 Å². The van der Waals surface area contributed by atoms with Crippen LogP contribution in [0.25, 0.3) is 0 Å². The average molecular weight is 200 g/mol. The van der Waals surface area contributed by atoms with Crippen LogP contribution in [0.4, 0.5) is 0 Å². The van der Waals surface area contributed by atoms with Gasteiger partial charge < -0.3 is 14.9 Å². The molecule has 1 heterocycles. The van der Waals surface area contributed by atoms with Crippen molar-refractivity contribution in [3.05, 3.63) is 0 Å². The third-order valence-corrected chi connectivity index (χ3v) is 3.22. The molecule has 0 aliphatic carbocycles. The van der Waals surface area contributed by atoms with Gasteiger partial charge >= 0.3 is 0 Å². The van der Waals surface area contributed by atoms with E-state index in [4.69, 9.17) is 5.11 Å². The Balaban J connectivity index is 2.21. The van der Waals surface area contributed by atoms with Crippen molar-refractivity contribution in [1.82, 2.24) is 9.80 Å². The number of piperidine rings is 1. The van der Waals surface area contributed by atoms with Crippen molar-refractivity contribution in [2.45, 2.75) is 19.8 Å². The van der Waals surface area contributed by atoms with Crippen LogP contribution in [0.1, 0.15) is 19.8 Å². The summed E-state index contributed by atoms with van der Waals surface area (Å²) in [6.45, 7) is 8.01. The van der Waals surface area contributed by atoms with E-state index in [1.807, 2.05) is 0 Å². The fourth-order valence-electron chi connectivity index (χ4n) is 2.13. The number of likely N-dealkylation sites (tertiary alicyclic amines) is 1. The van der Waals surface area contributed by atoms with Gasteiger partial charge in [-0.15, -0.1) is 0 Å². The lowest BCUT2D eigenvalue weighted by atomic mass is 9.96. The molecule has 1 saturated heterocycles. The molecule has 0 aromatic carbocycles. The highest BCUT2D eigenvalue weighted by molar-refractivity contribution is 4.73. The van der Waals surface area contributed by atoms with Crippen LogP contribution in [0, 0.1) is 5.92 Å². The Morgan fingerprint density at radius 1 is 1.36 bits per heavy atom. The molecule has 1 rings (SSSR count). The molecule has 1 fully saturated rings. The van der Waals surface area contributed by atoms with Gasteiger partial charge in [-0.3, -0.25) is 0 Å². The van der Waals surface area contributed by atoms with Crippen LogP contribution in [0.5, 0.6) is 0 Å². The molecule has 0 spiro atoms. The van der Waals surface area contributed by atoms with Crippen LogP contribution in [0.3, 0.4) is 0 Å². The van der Waals surface area contributed by atoms with E-state index in [1.54, 1.807) is 0 Å². The maximum Gasteiger partial charge on any atom is 0.0558 e. The minimum Gasteiger partial charge on any atom is -0.395 e. The van der Waals surface area contributed by atoms with Gasteiger partial charge in [0, 0.05) is 13.1 Å². The Bertz CT molecular complexity index is 144. The Morgan fingerprint density at radius 3 is 2.50 bits per heavy atom. The molecule has 1 aliphatic rings. The topological polar surface area (TPSA) is 26.7 Å². The Morgan fingerprint density at radius 2 is 2.00 bits per heavy atom. The molecular weight excluding hydrogens is 176 g/mol. The largest absolute Gasteiger partial charge is 0.395 e. The summed E-state index contributed by atoms with van der Waals surface area (Å²) in [7, 11) is 2.20. The first-order valence-corrected chi connectivity index (χ1v) is 5.78. The predicted octanol–water partition coefficient (Wildman–Crippen LogP) is 0.642. The van der Waals surface area contributed by atoms with E-state index in [1.165, 1.54) is 32.5 Å². The van der Waals surface area contributed by atoms with Gasteiger partial charge in [0.05, 0.1) is 6.61 Å². The highest BCUT2D eigenvalue weighted by Gasteiger charge is 2.18. The Kier molecular flexibility index (Phi) is 5.45. The number of aliphatic hydroxyl groups excluding tert-OH is 1. The van der Waals surface area contributed by atoms with Gasteiger partial charge in [-0.25, -0.2) is 0 Å². The number of nitrogens with zero attached hydrogens (tertiary/aromatic N) is 2. The first kappa shape index (κ1) is 12.0. The second-order valence-corrected chi connectivity index (χ2v) is 4.36. The first-order valence-electron chi connectivity index (χ1n) is 5.78. The van der Waals surface area contributed by atoms with E-state index in [2.05, 4.69) is 23.8 Å². The smallest absolute Gasteiger partial charge is 0.0558 e. The van der Waals surface area contributed by atoms with Crippen molar-refractivity contribution in [2.24, 2.45) is 5.92 Å². The van der Waals surface area contributed by atoms with Crippen molar-refractivity contribution in [2.75, 3.05) is 46.4 Å². The molecule has 0 bridgehead atoms. The van der Waals surface area contributed by atoms with Gasteiger partial charge in [0.25, 0.3) is 0 Å². The van der Waals surface area contributed by atoms with Crippen LogP contribution in [-0.4, -0.2) is 61.3 Å². The summed E-state index contributed by atoms with van der Waals surface area (Å²) in [5, 5.41) is 8.89. The zero-order valence-corrected chi connectivity index (χ0v) is 9.58. The minimum absolute atomic E-state index is 0.292. The highest BCUT2D eigenvalue weighted by atomic mass is 16.3. The van der Waals surface area contributed by atoms with Gasteiger partial charge in [-0.05, 0) is 45.4 Å². The molecule has 84 valence electrons. The molecule has 0 saturated carbocycles. The average Bonchev–Trinajstić information content (AvgIpc) is 2.20. The molecule has 0 amide bonds. The first-order chi connectivity index (χ1) is 6.76. The molecule has 0 unspecified atom stereocenters. The SMILES string of the molecule is CCN(CCO)CC1CCN(C)CC1. The summed E-state index contributed by atoms with van der Waals surface area (Å²) in [6, 6.07) is 0. The standard InChI is InChI=1S/C11H24N2O/c1-3-13(8-9-14)10-11-4-6-12(2)7-5-11/h11,14H,3-10H2,1-2H3. The van der Waals surface area contributed by atoms with E-state index in [0.717, 1.165) is 19.0 Å². The molecule has 3 heteroatoms. The Labute approximate surface area is 87.7 Å². The summed E-state index contributed by atoms with van der Waals surface area (Å²) in [5.41, 5.74) is 0. The molecule has 3 nitrogen and oxygen atoms in total. The maximum absolute atomic E-state index is 8.89. The molecule has 0 aromatic rings. The van der Waals surface area contributed by atoms with Gasteiger partial charge in [0.1, 0.15) is 0 Å². The molecule has 0 radical (unpaired) electrons. The van der Waals surface area contributed by atoms with E-state index < -0.39 is 0 Å². The van der Waals surface area contributed by atoms with Crippen molar-refractivity contribution in [3.8, 4) is 0 Å². The van der Waals surface area contributed by atoms with E-state index in [-0.39, 0.29) is 0 Å². The van der Waals surface area contributed by atoms with Gasteiger partial charge in [0.2, 0.25) is 0 Å². The van der Waals surface area contributed by atoms with Crippen molar-refractivity contribution in [1.29, 1.82) is 0 Å². The van der Waals surface area contributed by atoms with Gasteiger partial charge in [0.15, 0.2) is 0 Å². The summed E-state index contributed by atoms with van der Waals surface area (Å²) in [4.78, 5) is 4.76. The molecule has 1 aliphatic heterocycles. The zero-order chi connectivity index (χ0) is 10.4. The van der Waals surface area contributed by atoms with E-state index in [0.29, 0.717) is 6.61 Å². The normalized spacial score (nSPS) is 20.6. The van der Waals surface area contributed by atoms with E-state index in [9.17, 15) is 0 Å². The second kappa shape index (κ2) is 6.38. The highest BCUT2D eigenvalue weighted by Crippen LogP contribution is 2.16. The van der Waals surface area contributed by atoms with Crippen LogP contribution < -0.4 is 0 Å². The zero-order valence-electron chi connectivity index (χ0n) is 9.58. The lowest BCUT2D eigenvalue weighted by molar-refractivity contribution is 0.143. The van der Waals surface area contributed by atoms with Crippen LogP contribution in [0.2, 0.25) is 0 Å². The molecular formula is C11H24N2O. The summed E-state index contributed by atoms with van der Waals surface area (Å²) in [6.07, 6.45) is 2.64. The number of aliphatic hydroxyl groups is 1. The molecule has 0 atom stereocenters.